The van der Waals surface area contributed by atoms with Crippen LogP contribution in [0.2, 0.25) is 0 Å². The molecule has 14 heteroatoms. The van der Waals surface area contributed by atoms with E-state index < -0.39 is 85.6 Å². The Morgan fingerprint density at radius 2 is 1.71 bits per heavy atom. The van der Waals surface area contributed by atoms with Gasteiger partial charge in [-0.25, -0.2) is 4.79 Å². The minimum atomic E-state index is -1.57. The van der Waals surface area contributed by atoms with Crippen LogP contribution in [-0.4, -0.2) is 93.1 Å². The summed E-state index contributed by atoms with van der Waals surface area (Å²) in [7, 11) is 0. The van der Waals surface area contributed by atoms with Gasteiger partial charge in [-0.2, -0.15) is 0 Å². The highest BCUT2D eigenvalue weighted by Crippen LogP contribution is 2.18. The second-order valence-corrected chi connectivity index (χ2v) is 7.04. The van der Waals surface area contributed by atoms with Crippen LogP contribution in [0.5, 0.6) is 0 Å². The predicted molar refractivity (Wildman–Crippen MR) is 102 cm³/mol. The van der Waals surface area contributed by atoms with Crippen molar-refractivity contribution in [3.8, 4) is 0 Å². The number of hydrogen-bond acceptors (Lipinski definition) is 8. The highest BCUT2D eigenvalue weighted by atomic mass is 16.4. The van der Waals surface area contributed by atoms with Crippen molar-refractivity contribution >= 4 is 35.6 Å². The van der Waals surface area contributed by atoms with E-state index in [2.05, 4.69) is 10.6 Å². The molecule has 1 fully saturated rings. The molecule has 1 saturated heterocycles. The lowest BCUT2D eigenvalue weighted by Gasteiger charge is -2.28. The summed E-state index contributed by atoms with van der Waals surface area (Å²) in [6.45, 7) is -0.420. The second-order valence-electron chi connectivity index (χ2n) is 7.04. The fraction of sp³-hybridized carbons (Fsp3) is 0.647. The Morgan fingerprint density at radius 1 is 1.06 bits per heavy atom. The van der Waals surface area contributed by atoms with Crippen molar-refractivity contribution in [2.45, 2.75) is 56.3 Å². The van der Waals surface area contributed by atoms with Gasteiger partial charge in [-0.05, 0) is 19.3 Å². The van der Waals surface area contributed by atoms with Gasteiger partial charge in [-0.15, -0.1) is 0 Å². The Kier molecular flexibility index (Phi) is 9.82. The summed E-state index contributed by atoms with van der Waals surface area (Å²) in [6.07, 6.45) is -0.895. The molecule has 31 heavy (non-hydrogen) atoms. The summed E-state index contributed by atoms with van der Waals surface area (Å²) in [5.74, 6) is -6.21. The first-order chi connectivity index (χ1) is 14.5. The van der Waals surface area contributed by atoms with Gasteiger partial charge in [0.1, 0.15) is 24.2 Å². The van der Waals surface area contributed by atoms with Gasteiger partial charge in [-0.3, -0.25) is 24.0 Å². The van der Waals surface area contributed by atoms with Crippen molar-refractivity contribution in [3.63, 3.8) is 0 Å². The molecule has 0 saturated carbocycles. The lowest BCUT2D eigenvalue weighted by molar-refractivity contribution is -0.144. The molecule has 14 nitrogen and oxygen atoms in total. The molecule has 1 rings (SSSR count). The standard InChI is InChI=1S/C17H27N5O9/c18-8(7-23)16(29)22-5-1-2-11(22)15(28)21-10(6-12(19)24)14(27)20-9(17(30)31)3-4-13(25)26/h8-11,23H,1-7,18H2,(H2,19,24)(H,20,27)(H,21,28)(H,25,26)(H,30,31). The summed E-state index contributed by atoms with van der Waals surface area (Å²) in [6, 6.07) is -5.33. The van der Waals surface area contributed by atoms with Crippen LogP contribution in [-0.2, 0) is 28.8 Å². The van der Waals surface area contributed by atoms with E-state index in [0.29, 0.717) is 6.42 Å². The van der Waals surface area contributed by atoms with E-state index in [9.17, 15) is 28.8 Å². The Hall–Kier alpha value is -3.26. The van der Waals surface area contributed by atoms with Crippen LogP contribution in [0.3, 0.4) is 0 Å². The molecule has 9 N–H and O–H groups in total. The number of carbonyl (C=O) groups excluding carboxylic acids is 4. The van der Waals surface area contributed by atoms with Crippen molar-refractivity contribution in [2.24, 2.45) is 11.5 Å². The van der Waals surface area contributed by atoms with Crippen LogP contribution in [0.25, 0.3) is 0 Å². The second kappa shape index (κ2) is 11.8. The van der Waals surface area contributed by atoms with Gasteiger partial charge >= 0.3 is 11.9 Å². The monoisotopic (exact) mass is 445 g/mol. The molecule has 1 aliphatic rings. The maximum absolute atomic E-state index is 12.7. The number of aliphatic hydroxyl groups is 1. The van der Waals surface area contributed by atoms with E-state index in [-0.39, 0.29) is 13.0 Å². The minimum Gasteiger partial charge on any atom is -0.481 e. The first-order valence-electron chi connectivity index (χ1n) is 9.48. The van der Waals surface area contributed by atoms with Crippen LogP contribution in [0.15, 0.2) is 0 Å². The molecule has 0 radical (unpaired) electrons. The molecule has 4 atom stereocenters. The number of primary amides is 1. The van der Waals surface area contributed by atoms with Crippen molar-refractivity contribution < 1.29 is 44.1 Å². The molecule has 0 bridgehead atoms. The van der Waals surface area contributed by atoms with Crippen molar-refractivity contribution in [3.05, 3.63) is 0 Å². The number of carboxylic acids is 2. The molecule has 4 amide bonds. The number of carboxylic acid groups (broad SMARTS) is 2. The first-order valence-corrected chi connectivity index (χ1v) is 9.48. The predicted octanol–water partition coefficient (Wildman–Crippen LogP) is -3.91. The number of nitrogens with one attached hydrogen (secondary N) is 2. The van der Waals surface area contributed by atoms with Gasteiger partial charge in [0.2, 0.25) is 23.6 Å². The zero-order valence-electron chi connectivity index (χ0n) is 16.7. The third-order valence-corrected chi connectivity index (χ3v) is 4.65. The van der Waals surface area contributed by atoms with Crippen LogP contribution in [0.1, 0.15) is 32.1 Å². The van der Waals surface area contributed by atoms with Crippen LogP contribution in [0.4, 0.5) is 0 Å². The van der Waals surface area contributed by atoms with Gasteiger partial charge in [0.15, 0.2) is 0 Å². The molecule has 0 aromatic carbocycles. The van der Waals surface area contributed by atoms with Crippen LogP contribution >= 0.6 is 0 Å². The van der Waals surface area contributed by atoms with Gasteiger partial charge in [0, 0.05) is 13.0 Å². The van der Waals surface area contributed by atoms with Crippen LogP contribution < -0.4 is 22.1 Å². The first kappa shape index (κ1) is 25.8. The summed E-state index contributed by atoms with van der Waals surface area (Å²) >= 11 is 0. The number of carbonyl (C=O) groups is 6. The Morgan fingerprint density at radius 3 is 2.23 bits per heavy atom. The fourth-order valence-electron chi connectivity index (χ4n) is 3.07. The van der Waals surface area contributed by atoms with Crippen LogP contribution in [0, 0.1) is 0 Å². The van der Waals surface area contributed by atoms with Gasteiger partial charge in [0.25, 0.3) is 0 Å². The van der Waals surface area contributed by atoms with E-state index in [4.69, 9.17) is 26.8 Å². The lowest BCUT2D eigenvalue weighted by atomic mass is 10.1. The maximum Gasteiger partial charge on any atom is 0.326 e. The largest absolute Gasteiger partial charge is 0.481 e. The Bertz CT molecular complexity index is 729. The smallest absolute Gasteiger partial charge is 0.326 e. The summed E-state index contributed by atoms with van der Waals surface area (Å²) in [5, 5.41) is 31.3. The average Bonchev–Trinajstić information content (AvgIpc) is 3.18. The topological polar surface area (TPSA) is 242 Å². The maximum atomic E-state index is 12.7. The molecule has 0 aromatic rings. The van der Waals surface area contributed by atoms with Gasteiger partial charge in [-0.1, -0.05) is 0 Å². The molecular formula is C17H27N5O9. The quantitative estimate of drug-likeness (QED) is 0.154. The summed E-state index contributed by atoms with van der Waals surface area (Å²) in [5.41, 5.74) is 10.6. The highest BCUT2D eigenvalue weighted by molar-refractivity contribution is 5.96. The molecule has 0 aliphatic carbocycles. The van der Waals surface area contributed by atoms with Crippen molar-refractivity contribution in [1.29, 1.82) is 0 Å². The third kappa shape index (κ3) is 7.82. The fourth-order valence-corrected chi connectivity index (χ4v) is 3.07. The molecule has 1 heterocycles. The molecule has 0 spiro atoms. The minimum absolute atomic E-state index is 0.202. The number of nitrogens with zero attached hydrogens (tertiary/aromatic N) is 1. The van der Waals surface area contributed by atoms with E-state index in [1.54, 1.807) is 0 Å². The van der Waals surface area contributed by atoms with E-state index in [1.165, 1.54) is 0 Å². The number of aliphatic hydroxyl groups excluding tert-OH is 1. The average molecular weight is 445 g/mol. The SMILES string of the molecule is NC(=O)CC(NC(=O)C1CCCN1C(=O)C(N)CO)C(=O)NC(CCC(=O)O)C(=O)O. The Balaban J connectivity index is 2.90. The Labute approximate surface area is 176 Å². The van der Waals surface area contributed by atoms with Gasteiger partial charge in [0.05, 0.1) is 13.0 Å². The molecule has 0 aromatic heterocycles. The number of likely N-dealkylation sites (tertiary alicyclic amines) is 1. The molecular weight excluding hydrogens is 418 g/mol. The number of rotatable bonds is 12. The van der Waals surface area contributed by atoms with E-state index in [0.717, 1.165) is 4.90 Å². The summed E-state index contributed by atoms with van der Waals surface area (Å²) in [4.78, 5) is 71.8. The molecule has 1 aliphatic heterocycles. The summed E-state index contributed by atoms with van der Waals surface area (Å²) < 4.78 is 0. The lowest BCUT2D eigenvalue weighted by Crippen LogP contribution is -2.57. The number of hydrogen-bond donors (Lipinski definition) is 7. The zero-order chi connectivity index (χ0) is 23.7. The zero-order valence-corrected chi connectivity index (χ0v) is 16.7. The van der Waals surface area contributed by atoms with Crippen molar-refractivity contribution in [2.75, 3.05) is 13.2 Å². The van der Waals surface area contributed by atoms with E-state index in [1.807, 2.05) is 0 Å². The normalized spacial score (nSPS) is 18.5. The van der Waals surface area contributed by atoms with Gasteiger partial charge < -0.3 is 42.3 Å². The highest BCUT2D eigenvalue weighted by Gasteiger charge is 2.38. The number of aliphatic carboxylic acids is 2. The third-order valence-electron chi connectivity index (χ3n) is 4.65. The number of amides is 4. The number of nitrogens with two attached hydrogens (primary N) is 2. The molecule has 174 valence electrons. The van der Waals surface area contributed by atoms with Crippen molar-refractivity contribution in [1.82, 2.24) is 15.5 Å². The van der Waals surface area contributed by atoms with E-state index >= 15 is 0 Å². The molecule has 4 unspecified atom stereocenters.